The molecule has 4 aromatic rings. The van der Waals surface area contributed by atoms with Gasteiger partial charge in [0.25, 0.3) is 0 Å². The minimum atomic E-state index is 0.0313. The lowest BCUT2D eigenvalue weighted by molar-refractivity contribution is -0.134. The number of piperidine rings is 1. The number of amides is 1. The lowest BCUT2D eigenvalue weighted by atomic mass is 10.00. The second kappa shape index (κ2) is 6.58. The highest BCUT2D eigenvalue weighted by Crippen LogP contribution is 2.31. The molecule has 0 spiro atoms. The number of hydrogen-bond acceptors (Lipinski definition) is 2. The summed E-state index contributed by atoms with van der Waals surface area (Å²) in [6.45, 7) is 0.795. The highest BCUT2D eigenvalue weighted by atomic mass is 16.2. The maximum atomic E-state index is 13.2. The van der Waals surface area contributed by atoms with E-state index >= 15 is 0 Å². The van der Waals surface area contributed by atoms with Crippen molar-refractivity contribution < 1.29 is 4.79 Å². The van der Waals surface area contributed by atoms with Crippen LogP contribution in [0.1, 0.15) is 36.7 Å². The van der Waals surface area contributed by atoms with Gasteiger partial charge in [-0.2, -0.15) is 0 Å². The van der Waals surface area contributed by atoms with Crippen molar-refractivity contribution in [3.63, 3.8) is 0 Å². The van der Waals surface area contributed by atoms with Gasteiger partial charge >= 0.3 is 0 Å². The van der Waals surface area contributed by atoms with E-state index in [4.69, 9.17) is 4.98 Å². The number of aromatic amines is 2. The summed E-state index contributed by atoms with van der Waals surface area (Å²) < 4.78 is 0. The van der Waals surface area contributed by atoms with Crippen LogP contribution >= 0.6 is 0 Å². The van der Waals surface area contributed by atoms with Crippen molar-refractivity contribution in [2.45, 2.75) is 31.7 Å². The molecule has 2 N–H and O–H groups in total. The number of carbonyl (C=O) groups is 1. The number of para-hydroxylation sites is 3. The molecule has 1 unspecified atom stereocenters. The number of imidazole rings is 1. The molecule has 0 bridgehead atoms. The molecule has 2 aromatic heterocycles. The van der Waals surface area contributed by atoms with Crippen molar-refractivity contribution in [1.82, 2.24) is 19.9 Å². The molecule has 0 saturated carbocycles. The van der Waals surface area contributed by atoms with Gasteiger partial charge in [0.05, 0.1) is 23.5 Å². The lowest BCUT2D eigenvalue weighted by Gasteiger charge is -2.34. The van der Waals surface area contributed by atoms with E-state index < -0.39 is 0 Å². The zero-order valence-corrected chi connectivity index (χ0v) is 15.1. The van der Waals surface area contributed by atoms with Crippen LogP contribution in [0.2, 0.25) is 0 Å². The summed E-state index contributed by atoms with van der Waals surface area (Å²) in [4.78, 5) is 26.7. The van der Waals surface area contributed by atoms with Crippen molar-refractivity contribution in [3.8, 4) is 0 Å². The van der Waals surface area contributed by atoms with Crippen molar-refractivity contribution in [2.24, 2.45) is 0 Å². The standard InChI is InChI=1S/C22H22N4O/c27-21(13-15-14-23-17-8-2-1-7-16(15)17)26-12-6-5-11-20(26)22-24-18-9-3-4-10-19(18)25-22/h1-4,7-10,14,20,23H,5-6,11-13H2,(H,24,25). The number of H-pyrrole nitrogens is 2. The Bertz CT molecular complexity index is 1080. The molecule has 0 aliphatic carbocycles. The average Bonchev–Trinajstić information content (AvgIpc) is 3.32. The van der Waals surface area contributed by atoms with Gasteiger partial charge in [-0.3, -0.25) is 4.79 Å². The summed E-state index contributed by atoms with van der Waals surface area (Å²) in [5, 5.41) is 1.13. The molecular formula is C22H22N4O. The van der Waals surface area contributed by atoms with Crippen molar-refractivity contribution in [2.75, 3.05) is 6.54 Å². The number of fused-ring (bicyclic) bond motifs is 2. The molecular weight excluding hydrogens is 336 g/mol. The second-order valence-corrected chi connectivity index (χ2v) is 7.27. The number of hydrogen-bond donors (Lipinski definition) is 2. The SMILES string of the molecule is O=C(Cc1c[nH]c2ccccc12)N1CCCCC1c1nc2ccccc2[nH]1. The van der Waals surface area contributed by atoms with Crippen LogP contribution in [0.5, 0.6) is 0 Å². The molecule has 1 atom stereocenters. The summed E-state index contributed by atoms with van der Waals surface area (Å²) in [5.41, 5.74) is 4.13. The second-order valence-electron chi connectivity index (χ2n) is 7.27. The zero-order valence-electron chi connectivity index (χ0n) is 15.1. The number of nitrogens with zero attached hydrogens (tertiary/aromatic N) is 2. The Morgan fingerprint density at radius 3 is 2.78 bits per heavy atom. The van der Waals surface area contributed by atoms with Crippen LogP contribution in [0.15, 0.2) is 54.7 Å². The normalized spacial score (nSPS) is 17.6. The summed E-state index contributed by atoms with van der Waals surface area (Å²) in [6.07, 6.45) is 5.51. The number of likely N-dealkylation sites (tertiary alicyclic amines) is 1. The average molecular weight is 358 g/mol. The van der Waals surface area contributed by atoms with E-state index in [0.717, 1.165) is 59.1 Å². The van der Waals surface area contributed by atoms with E-state index in [-0.39, 0.29) is 11.9 Å². The first-order valence-electron chi connectivity index (χ1n) is 9.59. The van der Waals surface area contributed by atoms with Crippen LogP contribution in [-0.2, 0) is 11.2 Å². The van der Waals surface area contributed by atoms with Crippen LogP contribution in [0.25, 0.3) is 21.9 Å². The fraction of sp³-hybridized carbons (Fsp3) is 0.273. The molecule has 27 heavy (non-hydrogen) atoms. The third-order valence-electron chi connectivity index (χ3n) is 5.56. The fourth-order valence-corrected chi connectivity index (χ4v) is 4.19. The first kappa shape index (κ1) is 16.1. The Balaban J connectivity index is 1.43. The third kappa shape index (κ3) is 2.89. The third-order valence-corrected chi connectivity index (χ3v) is 5.56. The Morgan fingerprint density at radius 1 is 1.07 bits per heavy atom. The molecule has 1 aliphatic heterocycles. The molecule has 1 amide bonds. The van der Waals surface area contributed by atoms with Crippen LogP contribution in [0.3, 0.4) is 0 Å². The van der Waals surface area contributed by atoms with E-state index in [9.17, 15) is 4.79 Å². The lowest BCUT2D eigenvalue weighted by Crippen LogP contribution is -2.39. The molecule has 2 aromatic carbocycles. The number of nitrogens with one attached hydrogen (secondary N) is 2. The van der Waals surface area contributed by atoms with Gasteiger partial charge in [0.2, 0.25) is 5.91 Å². The molecule has 5 rings (SSSR count). The monoisotopic (exact) mass is 358 g/mol. The molecule has 5 heteroatoms. The molecule has 1 aliphatic rings. The summed E-state index contributed by atoms with van der Waals surface area (Å²) >= 11 is 0. The number of aromatic nitrogens is 3. The van der Waals surface area contributed by atoms with Crippen LogP contribution in [0.4, 0.5) is 0 Å². The van der Waals surface area contributed by atoms with Gasteiger partial charge in [0.1, 0.15) is 5.82 Å². The van der Waals surface area contributed by atoms with Crippen LogP contribution < -0.4 is 0 Å². The van der Waals surface area contributed by atoms with E-state index in [1.54, 1.807) is 0 Å². The van der Waals surface area contributed by atoms with Crippen molar-refractivity contribution in [1.29, 1.82) is 0 Å². The van der Waals surface area contributed by atoms with Gasteiger partial charge in [0, 0.05) is 23.6 Å². The predicted molar refractivity (Wildman–Crippen MR) is 106 cm³/mol. The zero-order chi connectivity index (χ0) is 18.2. The van der Waals surface area contributed by atoms with E-state index in [0.29, 0.717) is 6.42 Å². The van der Waals surface area contributed by atoms with E-state index in [1.807, 2.05) is 53.6 Å². The highest BCUT2D eigenvalue weighted by Gasteiger charge is 2.30. The number of rotatable bonds is 3. The number of carbonyl (C=O) groups excluding carboxylic acids is 1. The molecule has 5 nitrogen and oxygen atoms in total. The summed E-state index contributed by atoms with van der Waals surface area (Å²) in [5.74, 6) is 1.08. The van der Waals surface area contributed by atoms with E-state index in [2.05, 4.69) is 16.0 Å². The molecule has 0 radical (unpaired) electrons. The molecule has 136 valence electrons. The topological polar surface area (TPSA) is 64.8 Å². The van der Waals surface area contributed by atoms with Crippen LogP contribution in [0, 0.1) is 0 Å². The maximum Gasteiger partial charge on any atom is 0.227 e. The van der Waals surface area contributed by atoms with Gasteiger partial charge in [0.15, 0.2) is 0 Å². The highest BCUT2D eigenvalue weighted by molar-refractivity contribution is 5.89. The Labute approximate surface area is 157 Å². The van der Waals surface area contributed by atoms with Crippen molar-refractivity contribution >= 4 is 27.8 Å². The van der Waals surface area contributed by atoms with Gasteiger partial charge < -0.3 is 14.9 Å². The molecule has 1 saturated heterocycles. The largest absolute Gasteiger partial charge is 0.361 e. The Morgan fingerprint density at radius 2 is 1.89 bits per heavy atom. The van der Waals surface area contributed by atoms with Gasteiger partial charge in [-0.15, -0.1) is 0 Å². The maximum absolute atomic E-state index is 13.2. The minimum Gasteiger partial charge on any atom is -0.361 e. The quantitative estimate of drug-likeness (QED) is 0.572. The first-order valence-corrected chi connectivity index (χ1v) is 9.59. The predicted octanol–water partition coefficient (Wildman–Crippen LogP) is 4.34. The molecule has 1 fully saturated rings. The van der Waals surface area contributed by atoms with Crippen molar-refractivity contribution in [3.05, 3.63) is 66.1 Å². The fourth-order valence-electron chi connectivity index (χ4n) is 4.19. The Kier molecular flexibility index (Phi) is 3.93. The van der Waals surface area contributed by atoms with E-state index in [1.165, 1.54) is 0 Å². The molecule has 3 heterocycles. The van der Waals surface area contributed by atoms with Gasteiger partial charge in [-0.25, -0.2) is 4.98 Å². The minimum absolute atomic E-state index is 0.0313. The summed E-state index contributed by atoms with van der Waals surface area (Å²) in [7, 11) is 0. The smallest absolute Gasteiger partial charge is 0.227 e. The Hall–Kier alpha value is -3.08. The first-order chi connectivity index (χ1) is 13.3. The van der Waals surface area contributed by atoms with Gasteiger partial charge in [-0.1, -0.05) is 30.3 Å². The van der Waals surface area contributed by atoms with Crippen LogP contribution in [-0.4, -0.2) is 32.3 Å². The number of benzene rings is 2. The van der Waals surface area contributed by atoms with Gasteiger partial charge in [-0.05, 0) is 43.0 Å². The summed E-state index contributed by atoms with van der Waals surface area (Å²) in [6, 6.07) is 16.2.